The molecule has 1 heterocycles. The van der Waals surface area contributed by atoms with E-state index in [1.807, 2.05) is 18.2 Å². The number of amides is 1. The van der Waals surface area contributed by atoms with Gasteiger partial charge < -0.3 is 4.90 Å². The number of carbonyl (C=O) groups excluding carboxylic acids is 1. The van der Waals surface area contributed by atoms with Crippen LogP contribution in [0.25, 0.3) is 0 Å². The molecule has 0 aromatic heterocycles. The molecule has 5 nitrogen and oxygen atoms in total. The van der Waals surface area contributed by atoms with Gasteiger partial charge in [-0.05, 0) is 43.5 Å². The van der Waals surface area contributed by atoms with E-state index in [1.54, 1.807) is 17.0 Å². The molecule has 0 radical (unpaired) electrons. The van der Waals surface area contributed by atoms with E-state index < -0.39 is 0 Å². The monoisotopic (exact) mass is 342 g/mol. The molecule has 0 aliphatic carbocycles. The van der Waals surface area contributed by atoms with E-state index >= 15 is 0 Å². The lowest BCUT2D eigenvalue weighted by Gasteiger charge is -2.28. The first-order chi connectivity index (χ1) is 12.1. The highest BCUT2D eigenvalue weighted by Crippen LogP contribution is 2.21. The van der Waals surface area contributed by atoms with Crippen LogP contribution in [0.4, 0.5) is 4.39 Å². The van der Waals surface area contributed by atoms with E-state index in [9.17, 15) is 9.18 Å². The molecule has 0 N–H and O–H groups in total. The molecule has 2 rings (SSSR count). The molecule has 1 amide bonds. The fourth-order valence-corrected chi connectivity index (χ4v) is 3.28. The summed E-state index contributed by atoms with van der Waals surface area (Å²) in [6.45, 7) is 1.85. The number of likely N-dealkylation sites (tertiary alicyclic amines) is 1. The Bertz CT molecular complexity index is 646. The zero-order chi connectivity index (χ0) is 18.1. The van der Waals surface area contributed by atoms with Gasteiger partial charge in [0.25, 0.3) is 0 Å². The molecule has 1 aromatic carbocycles. The molecule has 1 saturated heterocycles. The van der Waals surface area contributed by atoms with Crippen LogP contribution in [0.3, 0.4) is 0 Å². The number of carbonyl (C=O) groups is 1. The quantitative estimate of drug-likeness (QED) is 0.728. The third-order valence-corrected chi connectivity index (χ3v) is 4.54. The van der Waals surface area contributed by atoms with E-state index in [-0.39, 0.29) is 37.2 Å². The molecule has 132 valence electrons. The van der Waals surface area contributed by atoms with Gasteiger partial charge in [-0.2, -0.15) is 10.5 Å². The normalized spacial score (nSPS) is 17.0. The van der Waals surface area contributed by atoms with Crippen molar-refractivity contribution < 1.29 is 9.18 Å². The van der Waals surface area contributed by atoms with E-state index in [1.165, 1.54) is 6.07 Å². The Balaban J connectivity index is 1.95. The van der Waals surface area contributed by atoms with Crippen LogP contribution >= 0.6 is 0 Å². The van der Waals surface area contributed by atoms with Crippen LogP contribution in [0.15, 0.2) is 24.3 Å². The Labute approximate surface area is 148 Å². The molecule has 6 heteroatoms. The summed E-state index contributed by atoms with van der Waals surface area (Å²) in [4.78, 5) is 16.3. The molecule has 1 aliphatic heterocycles. The first kappa shape index (κ1) is 18.9. The fourth-order valence-electron chi connectivity index (χ4n) is 3.28. The van der Waals surface area contributed by atoms with Crippen LogP contribution in [0.2, 0.25) is 0 Å². The summed E-state index contributed by atoms with van der Waals surface area (Å²) >= 11 is 0. The lowest BCUT2D eigenvalue weighted by Crippen LogP contribution is -2.43. The van der Waals surface area contributed by atoms with E-state index in [0.717, 1.165) is 31.4 Å². The number of hydrogen-bond donors (Lipinski definition) is 0. The van der Waals surface area contributed by atoms with Gasteiger partial charge in [0.2, 0.25) is 5.91 Å². The number of benzene rings is 1. The molecule has 0 saturated carbocycles. The Morgan fingerprint density at radius 2 is 2.00 bits per heavy atom. The molecule has 1 fully saturated rings. The van der Waals surface area contributed by atoms with Crippen molar-refractivity contribution in [2.45, 2.75) is 38.1 Å². The minimum atomic E-state index is -0.239. The zero-order valence-corrected chi connectivity index (χ0v) is 14.3. The molecule has 0 unspecified atom stereocenters. The first-order valence-electron chi connectivity index (χ1n) is 8.64. The standard InChI is InChI=1S/C19H23FN4O/c20-17-6-1-5-16(13-17)14-18-7-2-10-24(18)15-19(25)23(11-3-8-21)12-4-9-22/h1,5-6,13,18H,2-4,7,10-12,14-15H2/t18-/m1/s1. The van der Waals surface area contributed by atoms with Crippen molar-refractivity contribution in [1.29, 1.82) is 10.5 Å². The maximum absolute atomic E-state index is 13.4. The summed E-state index contributed by atoms with van der Waals surface area (Å²) in [5, 5.41) is 17.5. The largest absolute Gasteiger partial charge is 0.340 e. The molecular weight excluding hydrogens is 319 g/mol. The van der Waals surface area contributed by atoms with Gasteiger partial charge >= 0.3 is 0 Å². The number of rotatable bonds is 8. The summed E-state index contributed by atoms with van der Waals surface area (Å²) < 4.78 is 13.4. The van der Waals surface area contributed by atoms with Crippen LogP contribution in [0.1, 0.15) is 31.2 Å². The molecule has 25 heavy (non-hydrogen) atoms. The van der Waals surface area contributed by atoms with E-state index in [4.69, 9.17) is 10.5 Å². The Morgan fingerprint density at radius 3 is 2.64 bits per heavy atom. The zero-order valence-electron chi connectivity index (χ0n) is 14.3. The second kappa shape index (κ2) is 9.76. The van der Waals surface area contributed by atoms with Gasteiger partial charge in [0, 0.05) is 19.1 Å². The highest BCUT2D eigenvalue weighted by molar-refractivity contribution is 5.78. The van der Waals surface area contributed by atoms with Crippen molar-refractivity contribution in [2.75, 3.05) is 26.2 Å². The van der Waals surface area contributed by atoms with Crippen molar-refractivity contribution in [2.24, 2.45) is 0 Å². The van der Waals surface area contributed by atoms with Gasteiger partial charge in [0.05, 0.1) is 31.5 Å². The van der Waals surface area contributed by atoms with Gasteiger partial charge in [-0.3, -0.25) is 9.69 Å². The Kier molecular flexibility index (Phi) is 7.37. The van der Waals surface area contributed by atoms with Gasteiger partial charge in [-0.25, -0.2) is 4.39 Å². The average molecular weight is 342 g/mol. The molecule has 0 bridgehead atoms. The predicted molar refractivity (Wildman–Crippen MR) is 91.7 cm³/mol. The smallest absolute Gasteiger partial charge is 0.236 e. The van der Waals surface area contributed by atoms with E-state index in [2.05, 4.69) is 4.90 Å². The molecule has 0 spiro atoms. The first-order valence-corrected chi connectivity index (χ1v) is 8.64. The molecule has 1 aliphatic rings. The summed E-state index contributed by atoms with van der Waals surface area (Å²) in [5.74, 6) is -0.283. The molecule has 1 atom stereocenters. The number of nitrogens with zero attached hydrogens (tertiary/aromatic N) is 4. The maximum atomic E-state index is 13.4. The highest BCUT2D eigenvalue weighted by atomic mass is 19.1. The number of nitriles is 2. The average Bonchev–Trinajstić information content (AvgIpc) is 3.01. The summed E-state index contributed by atoms with van der Waals surface area (Å²) in [7, 11) is 0. The van der Waals surface area contributed by atoms with Crippen molar-refractivity contribution in [3.8, 4) is 12.1 Å². The van der Waals surface area contributed by atoms with Crippen LogP contribution in [-0.2, 0) is 11.2 Å². The summed E-state index contributed by atoms with van der Waals surface area (Å²) in [6, 6.07) is 10.9. The van der Waals surface area contributed by atoms with Crippen LogP contribution < -0.4 is 0 Å². The van der Waals surface area contributed by atoms with Gasteiger partial charge in [0.15, 0.2) is 0 Å². The lowest BCUT2D eigenvalue weighted by molar-refractivity contribution is -0.132. The van der Waals surface area contributed by atoms with E-state index in [0.29, 0.717) is 13.1 Å². The van der Waals surface area contributed by atoms with Crippen LogP contribution in [0, 0.1) is 28.5 Å². The Morgan fingerprint density at radius 1 is 1.28 bits per heavy atom. The van der Waals surface area contributed by atoms with Gasteiger partial charge in [0.1, 0.15) is 5.82 Å². The second-order valence-corrected chi connectivity index (χ2v) is 6.30. The predicted octanol–water partition coefficient (Wildman–Crippen LogP) is 2.49. The minimum Gasteiger partial charge on any atom is -0.340 e. The Hall–Kier alpha value is -2.44. The number of hydrogen-bond acceptors (Lipinski definition) is 4. The van der Waals surface area contributed by atoms with Crippen molar-refractivity contribution >= 4 is 5.91 Å². The van der Waals surface area contributed by atoms with Crippen molar-refractivity contribution in [1.82, 2.24) is 9.80 Å². The highest BCUT2D eigenvalue weighted by Gasteiger charge is 2.28. The van der Waals surface area contributed by atoms with Gasteiger partial charge in [-0.1, -0.05) is 12.1 Å². The number of halogens is 1. The van der Waals surface area contributed by atoms with Crippen LogP contribution in [0.5, 0.6) is 0 Å². The molecular formula is C19H23FN4O. The van der Waals surface area contributed by atoms with Crippen molar-refractivity contribution in [3.05, 3.63) is 35.6 Å². The topological polar surface area (TPSA) is 71.1 Å². The van der Waals surface area contributed by atoms with Crippen LogP contribution in [-0.4, -0.2) is 47.9 Å². The van der Waals surface area contributed by atoms with Gasteiger partial charge in [-0.15, -0.1) is 0 Å². The minimum absolute atomic E-state index is 0.0448. The SMILES string of the molecule is N#CCCN(CCC#N)C(=O)CN1CCC[C@@H]1Cc1cccc(F)c1. The lowest BCUT2D eigenvalue weighted by atomic mass is 10.0. The third-order valence-electron chi connectivity index (χ3n) is 4.54. The van der Waals surface area contributed by atoms with Crippen molar-refractivity contribution in [3.63, 3.8) is 0 Å². The fraction of sp³-hybridized carbons (Fsp3) is 0.526. The molecule has 1 aromatic rings. The third kappa shape index (κ3) is 5.85. The summed E-state index contributed by atoms with van der Waals surface area (Å²) in [5.41, 5.74) is 0.940. The summed E-state index contributed by atoms with van der Waals surface area (Å²) in [6.07, 6.45) is 3.26. The second-order valence-electron chi connectivity index (χ2n) is 6.30. The maximum Gasteiger partial charge on any atom is 0.236 e.